The Morgan fingerprint density at radius 1 is 1.30 bits per heavy atom. The third-order valence-corrected chi connectivity index (χ3v) is 4.57. The van der Waals surface area contributed by atoms with Crippen LogP contribution in [0.1, 0.15) is 32.4 Å². The molecule has 8 nitrogen and oxygen atoms in total. The van der Waals surface area contributed by atoms with Gasteiger partial charge >= 0.3 is 6.09 Å². The predicted octanol–water partition coefficient (Wildman–Crippen LogP) is 3.96. The Bertz CT molecular complexity index is 1030. The highest BCUT2D eigenvalue weighted by Gasteiger charge is 2.32. The monoisotopic (exact) mass is 387 g/mol. The fourth-order valence-corrected chi connectivity index (χ4v) is 3.13. The number of aromatic nitrogens is 4. The fourth-order valence-electron chi connectivity index (χ4n) is 2.97. The summed E-state index contributed by atoms with van der Waals surface area (Å²) in [5.41, 5.74) is 2.46. The number of methoxy groups -OCH3 is 1. The summed E-state index contributed by atoms with van der Waals surface area (Å²) in [6, 6.07) is 5.32. The van der Waals surface area contributed by atoms with E-state index < -0.39 is 6.09 Å². The summed E-state index contributed by atoms with van der Waals surface area (Å²) in [7, 11) is 1.34. The highest BCUT2D eigenvalue weighted by atomic mass is 35.5. The predicted molar refractivity (Wildman–Crippen MR) is 99.2 cm³/mol. The molecule has 0 saturated carbocycles. The molecule has 0 N–H and O–H groups in total. The maximum absolute atomic E-state index is 12.3. The third-order valence-electron chi connectivity index (χ3n) is 4.34. The minimum absolute atomic E-state index is 0.245. The number of hydrogen-bond acceptors (Lipinski definition) is 6. The van der Waals surface area contributed by atoms with Crippen LogP contribution in [0.2, 0.25) is 5.02 Å². The van der Waals surface area contributed by atoms with Gasteiger partial charge in [-0.3, -0.25) is 9.47 Å². The van der Waals surface area contributed by atoms with Crippen LogP contribution in [-0.4, -0.2) is 32.9 Å². The number of anilines is 1. The molecule has 1 aliphatic rings. The Morgan fingerprint density at radius 2 is 2.07 bits per heavy atom. The van der Waals surface area contributed by atoms with Crippen LogP contribution >= 0.6 is 11.6 Å². The summed E-state index contributed by atoms with van der Waals surface area (Å²) in [6.07, 6.45) is 1.19. The number of ether oxygens (including phenoxy) is 1. The molecule has 0 bridgehead atoms. The summed E-state index contributed by atoms with van der Waals surface area (Å²) in [5, 5.41) is 4.60. The van der Waals surface area contributed by atoms with Crippen molar-refractivity contribution in [2.45, 2.75) is 32.7 Å². The van der Waals surface area contributed by atoms with Crippen LogP contribution in [-0.2, 0) is 16.7 Å². The molecule has 1 aliphatic heterocycles. The molecular formula is C18H18ClN5O3. The van der Waals surface area contributed by atoms with E-state index >= 15 is 0 Å². The van der Waals surface area contributed by atoms with Crippen LogP contribution in [0.4, 0.5) is 10.5 Å². The molecule has 4 rings (SSSR count). The minimum atomic E-state index is -0.486. The Labute approximate surface area is 160 Å². The van der Waals surface area contributed by atoms with Gasteiger partial charge in [-0.05, 0) is 18.2 Å². The van der Waals surface area contributed by atoms with Crippen LogP contribution in [0, 0.1) is 0 Å². The summed E-state index contributed by atoms with van der Waals surface area (Å²) >= 11 is 6.13. The topological polar surface area (TPSA) is 86.3 Å². The SMILES string of the molecule is COC(=O)N1Cc2c(-c3noc(C(C)(C)C)n3)ncn2-c2ccc(Cl)cc21. The molecule has 9 heteroatoms. The summed E-state index contributed by atoms with van der Waals surface area (Å²) < 4.78 is 12.2. The Balaban J connectivity index is 1.85. The number of halogens is 1. The average Bonchev–Trinajstić information content (AvgIpc) is 3.26. The van der Waals surface area contributed by atoms with E-state index in [9.17, 15) is 4.79 Å². The van der Waals surface area contributed by atoms with Crippen LogP contribution < -0.4 is 4.90 Å². The molecular weight excluding hydrogens is 370 g/mol. The first-order chi connectivity index (χ1) is 12.8. The molecule has 0 unspecified atom stereocenters. The molecule has 0 fully saturated rings. The first-order valence-electron chi connectivity index (χ1n) is 8.36. The quantitative estimate of drug-likeness (QED) is 0.628. The maximum atomic E-state index is 12.3. The van der Waals surface area contributed by atoms with E-state index in [2.05, 4.69) is 15.1 Å². The van der Waals surface area contributed by atoms with Crippen molar-refractivity contribution >= 4 is 23.4 Å². The zero-order valence-electron chi connectivity index (χ0n) is 15.4. The van der Waals surface area contributed by atoms with Gasteiger partial charge in [0.05, 0.1) is 30.7 Å². The first-order valence-corrected chi connectivity index (χ1v) is 8.73. The number of rotatable bonds is 1. The molecule has 0 aliphatic carbocycles. The van der Waals surface area contributed by atoms with E-state index in [1.165, 1.54) is 12.0 Å². The van der Waals surface area contributed by atoms with Crippen LogP contribution in [0.3, 0.4) is 0 Å². The van der Waals surface area contributed by atoms with Gasteiger partial charge in [-0.15, -0.1) is 0 Å². The standard InChI is InChI=1S/C18H18ClN5O3/c1-18(2,3)16-21-15(22-27-16)14-13-8-23(17(25)26-4)12-7-10(19)5-6-11(12)24(13)9-20-14/h5-7,9H,8H2,1-4H3. The van der Waals surface area contributed by atoms with Gasteiger partial charge < -0.3 is 9.26 Å². The largest absolute Gasteiger partial charge is 0.452 e. The number of carbonyl (C=O) groups excluding carboxylic acids is 1. The van der Waals surface area contributed by atoms with E-state index in [4.69, 9.17) is 20.9 Å². The zero-order chi connectivity index (χ0) is 19.3. The molecule has 0 saturated heterocycles. The van der Waals surface area contributed by atoms with Gasteiger partial charge in [0.1, 0.15) is 12.0 Å². The van der Waals surface area contributed by atoms with Gasteiger partial charge in [0.15, 0.2) is 0 Å². The summed E-state index contributed by atoms with van der Waals surface area (Å²) in [6.45, 7) is 6.22. The molecule has 140 valence electrons. The van der Waals surface area contributed by atoms with Crippen molar-refractivity contribution in [3.05, 3.63) is 41.1 Å². The fraction of sp³-hybridized carbons (Fsp3) is 0.333. The van der Waals surface area contributed by atoms with Gasteiger partial charge in [0.2, 0.25) is 11.7 Å². The summed E-state index contributed by atoms with van der Waals surface area (Å²) in [5.74, 6) is 0.906. The lowest BCUT2D eigenvalue weighted by Gasteiger charge is -2.29. The molecule has 3 heterocycles. The molecule has 0 atom stereocenters. The normalized spacial score (nSPS) is 13.3. The molecule has 2 aromatic heterocycles. The second-order valence-electron chi connectivity index (χ2n) is 7.27. The average molecular weight is 388 g/mol. The van der Waals surface area contributed by atoms with Crippen molar-refractivity contribution in [2.75, 3.05) is 12.0 Å². The lowest BCUT2D eigenvalue weighted by Crippen LogP contribution is -2.35. The first kappa shape index (κ1) is 17.5. The van der Waals surface area contributed by atoms with Crippen molar-refractivity contribution in [1.29, 1.82) is 0 Å². The van der Waals surface area contributed by atoms with Crippen LogP contribution in [0.15, 0.2) is 29.0 Å². The highest BCUT2D eigenvalue weighted by molar-refractivity contribution is 6.31. The molecule has 0 radical (unpaired) electrons. The van der Waals surface area contributed by atoms with Crippen molar-refractivity contribution in [3.8, 4) is 17.2 Å². The Hall–Kier alpha value is -2.87. The van der Waals surface area contributed by atoms with Crippen LogP contribution in [0.25, 0.3) is 17.2 Å². The number of imidazole rings is 1. The number of amides is 1. The van der Waals surface area contributed by atoms with Crippen molar-refractivity contribution in [1.82, 2.24) is 19.7 Å². The van der Waals surface area contributed by atoms with E-state index in [1.807, 2.05) is 31.4 Å². The molecule has 1 amide bonds. The van der Waals surface area contributed by atoms with E-state index in [1.54, 1.807) is 18.5 Å². The Morgan fingerprint density at radius 3 is 2.74 bits per heavy atom. The number of fused-ring (bicyclic) bond motifs is 3. The second kappa shape index (κ2) is 6.09. The van der Waals surface area contributed by atoms with Gasteiger partial charge in [-0.2, -0.15) is 4.98 Å². The number of nitrogens with zero attached hydrogens (tertiary/aromatic N) is 5. The third kappa shape index (κ3) is 2.86. The van der Waals surface area contributed by atoms with Gasteiger partial charge in [0.25, 0.3) is 0 Å². The lowest BCUT2D eigenvalue weighted by molar-refractivity contribution is 0.178. The maximum Gasteiger partial charge on any atom is 0.414 e. The van der Waals surface area contributed by atoms with Gasteiger partial charge in [-0.1, -0.05) is 37.5 Å². The molecule has 27 heavy (non-hydrogen) atoms. The smallest absolute Gasteiger partial charge is 0.414 e. The number of benzene rings is 1. The molecule has 1 aromatic carbocycles. The van der Waals surface area contributed by atoms with Crippen molar-refractivity contribution < 1.29 is 14.1 Å². The van der Waals surface area contributed by atoms with E-state index in [-0.39, 0.29) is 12.0 Å². The Kier molecular flexibility index (Phi) is 3.96. The van der Waals surface area contributed by atoms with Crippen LogP contribution in [0.5, 0.6) is 0 Å². The highest BCUT2D eigenvalue weighted by Crippen LogP contribution is 2.37. The van der Waals surface area contributed by atoms with Crippen molar-refractivity contribution in [3.63, 3.8) is 0 Å². The molecule has 3 aromatic rings. The second-order valence-corrected chi connectivity index (χ2v) is 7.71. The van der Waals surface area contributed by atoms with E-state index in [0.29, 0.717) is 28.1 Å². The van der Waals surface area contributed by atoms with E-state index in [0.717, 1.165) is 11.4 Å². The molecule has 0 spiro atoms. The minimum Gasteiger partial charge on any atom is -0.452 e. The number of carbonyl (C=O) groups is 1. The van der Waals surface area contributed by atoms with Crippen molar-refractivity contribution in [2.24, 2.45) is 0 Å². The van der Waals surface area contributed by atoms with Gasteiger partial charge in [-0.25, -0.2) is 9.78 Å². The summed E-state index contributed by atoms with van der Waals surface area (Å²) in [4.78, 5) is 22.8. The van der Waals surface area contributed by atoms with Gasteiger partial charge in [0, 0.05) is 10.4 Å². The zero-order valence-corrected chi connectivity index (χ0v) is 16.1. The number of hydrogen-bond donors (Lipinski definition) is 0. The lowest BCUT2D eigenvalue weighted by atomic mass is 9.97.